The van der Waals surface area contributed by atoms with Crippen LogP contribution in [-0.2, 0) is 9.53 Å². The van der Waals surface area contributed by atoms with Gasteiger partial charge in [-0.3, -0.25) is 4.79 Å². The third-order valence-electron chi connectivity index (χ3n) is 1.39. The van der Waals surface area contributed by atoms with Crippen LogP contribution in [0.3, 0.4) is 0 Å². The summed E-state index contributed by atoms with van der Waals surface area (Å²) in [7, 11) is 0. The van der Waals surface area contributed by atoms with E-state index in [9.17, 15) is 4.79 Å². The Morgan fingerprint density at radius 2 is 2.33 bits per heavy atom. The van der Waals surface area contributed by atoms with Crippen molar-refractivity contribution in [1.82, 2.24) is 0 Å². The maximum Gasteiger partial charge on any atom is 0.303 e. The van der Waals surface area contributed by atoms with Gasteiger partial charge in [0.1, 0.15) is 6.10 Å². The van der Waals surface area contributed by atoms with Gasteiger partial charge in [0.2, 0.25) is 0 Å². The molecule has 0 bridgehead atoms. The van der Waals surface area contributed by atoms with Gasteiger partial charge < -0.3 is 4.74 Å². The van der Waals surface area contributed by atoms with E-state index in [1.165, 1.54) is 6.92 Å². The lowest BCUT2D eigenvalue weighted by Crippen LogP contribution is -2.17. The maximum atomic E-state index is 10.6. The monoisotopic (exact) mass is 167 g/mol. The molecule has 0 aromatic carbocycles. The van der Waals surface area contributed by atoms with Crippen LogP contribution in [0.2, 0.25) is 0 Å². The van der Waals surface area contributed by atoms with E-state index in [4.69, 9.17) is 10.00 Å². The van der Waals surface area contributed by atoms with Crippen molar-refractivity contribution < 1.29 is 9.53 Å². The lowest BCUT2D eigenvalue weighted by molar-refractivity contribution is -0.144. The molecule has 0 saturated carbocycles. The maximum absolute atomic E-state index is 10.6. The highest BCUT2D eigenvalue weighted by Crippen LogP contribution is 2.10. The van der Waals surface area contributed by atoms with E-state index in [-0.39, 0.29) is 5.97 Å². The number of hydrogen-bond acceptors (Lipinski definition) is 3. The van der Waals surface area contributed by atoms with Crippen molar-refractivity contribution in [3.05, 3.63) is 12.2 Å². The molecule has 0 radical (unpaired) electrons. The number of ether oxygens (including phenoxy) is 1. The van der Waals surface area contributed by atoms with Gasteiger partial charge in [-0.25, -0.2) is 0 Å². The first-order valence-corrected chi connectivity index (χ1v) is 3.88. The minimum Gasteiger partial charge on any atom is -0.457 e. The zero-order valence-electron chi connectivity index (χ0n) is 7.46. The molecule has 66 valence electrons. The Labute approximate surface area is 72.6 Å². The van der Waals surface area contributed by atoms with Crippen molar-refractivity contribution in [3.8, 4) is 6.07 Å². The first-order valence-electron chi connectivity index (χ1n) is 3.88. The lowest BCUT2D eigenvalue weighted by atomic mass is 10.1. The summed E-state index contributed by atoms with van der Waals surface area (Å²) in [6.07, 6.45) is 1.09. The van der Waals surface area contributed by atoms with Crippen LogP contribution in [0.25, 0.3) is 0 Å². The van der Waals surface area contributed by atoms with Crippen LogP contribution in [-0.4, -0.2) is 12.1 Å². The van der Waals surface area contributed by atoms with Crippen LogP contribution >= 0.6 is 0 Å². The molecule has 0 heterocycles. The smallest absolute Gasteiger partial charge is 0.303 e. The van der Waals surface area contributed by atoms with Crippen LogP contribution in [0.15, 0.2) is 12.2 Å². The third-order valence-corrected chi connectivity index (χ3v) is 1.39. The predicted molar refractivity (Wildman–Crippen MR) is 45.2 cm³/mol. The van der Waals surface area contributed by atoms with Crippen molar-refractivity contribution in [3.63, 3.8) is 0 Å². The molecular weight excluding hydrogens is 154 g/mol. The Kier molecular flexibility index (Phi) is 4.78. The van der Waals surface area contributed by atoms with E-state index < -0.39 is 6.10 Å². The first kappa shape index (κ1) is 10.7. The standard InChI is InChI=1S/C9H13NO2/c1-4-5-9(7(2)6-10)12-8(3)11/h9H,2,4-5H2,1,3H3. The van der Waals surface area contributed by atoms with Crippen LogP contribution in [0.5, 0.6) is 0 Å². The average Bonchev–Trinajstić information content (AvgIpc) is 2.01. The molecule has 0 aliphatic carbocycles. The van der Waals surface area contributed by atoms with Crippen molar-refractivity contribution in [2.75, 3.05) is 0 Å². The highest BCUT2D eigenvalue weighted by Gasteiger charge is 2.13. The molecule has 3 nitrogen and oxygen atoms in total. The van der Waals surface area contributed by atoms with E-state index in [0.717, 1.165) is 6.42 Å². The topological polar surface area (TPSA) is 50.1 Å². The summed E-state index contributed by atoms with van der Waals surface area (Å²) < 4.78 is 4.88. The molecule has 0 rings (SSSR count). The number of rotatable bonds is 4. The first-order chi connectivity index (χ1) is 5.61. The number of nitriles is 1. The fourth-order valence-electron chi connectivity index (χ4n) is 0.839. The highest BCUT2D eigenvalue weighted by atomic mass is 16.5. The highest BCUT2D eigenvalue weighted by molar-refractivity contribution is 5.66. The van der Waals surface area contributed by atoms with E-state index >= 15 is 0 Å². The molecule has 0 aromatic rings. The molecule has 0 amide bonds. The van der Waals surface area contributed by atoms with Crippen LogP contribution < -0.4 is 0 Å². The summed E-state index contributed by atoms with van der Waals surface area (Å²) in [5.41, 5.74) is 0.312. The number of esters is 1. The Morgan fingerprint density at radius 3 is 2.67 bits per heavy atom. The van der Waals surface area contributed by atoms with Crippen molar-refractivity contribution >= 4 is 5.97 Å². The van der Waals surface area contributed by atoms with Crippen molar-refractivity contribution in [2.24, 2.45) is 0 Å². The molecule has 0 spiro atoms. The number of hydrogen-bond donors (Lipinski definition) is 0. The molecule has 0 saturated heterocycles. The summed E-state index contributed by atoms with van der Waals surface area (Å²) in [5.74, 6) is -0.371. The van der Waals surface area contributed by atoms with Crippen LogP contribution in [0, 0.1) is 11.3 Å². The number of carbonyl (C=O) groups is 1. The van der Waals surface area contributed by atoms with Gasteiger partial charge in [-0.15, -0.1) is 0 Å². The van der Waals surface area contributed by atoms with E-state index in [1.807, 2.05) is 13.0 Å². The van der Waals surface area contributed by atoms with Crippen molar-refractivity contribution in [1.29, 1.82) is 5.26 Å². The van der Waals surface area contributed by atoms with Gasteiger partial charge in [-0.1, -0.05) is 19.9 Å². The summed E-state index contributed by atoms with van der Waals surface area (Å²) in [4.78, 5) is 10.6. The molecular formula is C9H13NO2. The molecule has 0 aliphatic rings. The molecule has 0 aliphatic heterocycles. The predicted octanol–water partition coefficient (Wildman–Crippen LogP) is 1.80. The molecule has 3 heteroatoms. The SMILES string of the molecule is C=C(C#N)C(CCC)OC(C)=O. The largest absolute Gasteiger partial charge is 0.457 e. The molecule has 1 atom stereocenters. The third kappa shape index (κ3) is 3.77. The fourth-order valence-corrected chi connectivity index (χ4v) is 0.839. The van der Waals surface area contributed by atoms with Crippen LogP contribution in [0.1, 0.15) is 26.7 Å². The Hall–Kier alpha value is -1.30. The zero-order chi connectivity index (χ0) is 9.56. The Balaban J connectivity index is 4.14. The van der Waals surface area contributed by atoms with Gasteiger partial charge in [0.15, 0.2) is 0 Å². The van der Waals surface area contributed by atoms with Gasteiger partial charge in [-0.2, -0.15) is 5.26 Å². The fraction of sp³-hybridized carbons (Fsp3) is 0.556. The lowest BCUT2D eigenvalue weighted by Gasteiger charge is -2.13. The summed E-state index contributed by atoms with van der Waals surface area (Å²) in [6, 6.07) is 1.88. The molecule has 0 aromatic heterocycles. The van der Waals surface area contributed by atoms with Gasteiger partial charge in [0.25, 0.3) is 0 Å². The minimum atomic E-state index is -0.433. The normalized spacial score (nSPS) is 11.4. The number of carbonyl (C=O) groups excluding carboxylic acids is 1. The summed E-state index contributed by atoms with van der Waals surface area (Å²) in [5, 5.41) is 8.50. The second-order valence-electron chi connectivity index (χ2n) is 2.52. The second-order valence-corrected chi connectivity index (χ2v) is 2.52. The van der Waals surface area contributed by atoms with Gasteiger partial charge in [-0.05, 0) is 6.42 Å². The molecule has 0 N–H and O–H groups in total. The molecule has 12 heavy (non-hydrogen) atoms. The van der Waals surface area contributed by atoms with Gasteiger partial charge >= 0.3 is 5.97 Å². The van der Waals surface area contributed by atoms with E-state index in [2.05, 4.69) is 6.58 Å². The molecule has 0 fully saturated rings. The van der Waals surface area contributed by atoms with E-state index in [1.54, 1.807) is 0 Å². The molecule has 1 unspecified atom stereocenters. The Bertz CT molecular complexity index is 215. The van der Waals surface area contributed by atoms with E-state index in [0.29, 0.717) is 12.0 Å². The quantitative estimate of drug-likeness (QED) is 0.474. The van der Waals surface area contributed by atoms with Crippen LogP contribution in [0.4, 0.5) is 0 Å². The van der Waals surface area contributed by atoms with Gasteiger partial charge in [0, 0.05) is 6.92 Å². The average molecular weight is 167 g/mol. The second kappa shape index (κ2) is 5.36. The zero-order valence-corrected chi connectivity index (χ0v) is 7.46. The van der Waals surface area contributed by atoms with Crippen molar-refractivity contribution in [2.45, 2.75) is 32.8 Å². The Morgan fingerprint density at radius 1 is 1.75 bits per heavy atom. The summed E-state index contributed by atoms with van der Waals surface area (Å²) in [6.45, 7) is 6.79. The summed E-state index contributed by atoms with van der Waals surface area (Å²) >= 11 is 0. The number of nitrogens with zero attached hydrogens (tertiary/aromatic N) is 1. The van der Waals surface area contributed by atoms with Gasteiger partial charge in [0.05, 0.1) is 11.6 Å². The minimum absolute atomic E-state index is 0.312.